The lowest BCUT2D eigenvalue weighted by Crippen LogP contribution is -2.46. The normalized spacial score (nSPS) is 21.5. The number of H-pyrrole nitrogens is 1. The highest BCUT2D eigenvalue weighted by Crippen LogP contribution is 2.26. The lowest BCUT2D eigenvalue weighted by atomic mass is 9.95. The third kappa shape index (κ3) is 4.69. The van der Waals surface area contributed by atoms with E-state index in [-0.39, 0.29) is 5.82 Å². The number of hydrogen-bond acceptors (Lipinski definition) is 2. The van der Waals surface area contributed by atoms with Crippen LogP contribution in [0, 0.1) is 5.82 Å². The molecule has 1 heterocycles. The number of aromatic amines is 1. The quantitative estimate of drug-likeness (QED) is 0.562. The minimum atomic E-state index is -0.195. The van der Waals surface area contributed by atoms with E-state index < -0.39 is 0 Å². The fourth-order valence-electron chi connectivity index (χ4n) is 3.55. The number of halogens is 1. The average molecular weight is 363 g/mol. The molecule has 1 aliphatic rings. The van der Waals surface area contributed by atoms with Gasteiger partial charge in [0.2, 0.25) is 0 Å². The molecule has 0 amide bonds. The number of fused-ring (bicyclic) bond motifs is 1. The van der Waals surface area contributed by atoms with Crippen LogP contribution in [0.15, 0.2) is 29.4 Å². The summed E-state index contributed by atoms with van der Waals surface area (Å²) in [6, 6.07) is 5.37. The fourth-order valence-corrected chi connectivity index (χ4v) is 4.38. The number of guanidine groups is 1. The molecule has 136 valence electrons. The van der Waals surface area contributed by atoms with Crippen molar-refractivity contribution in [3.8, 4) is 0 Å². The van der Waals surface area contributed by atoms with E-state index in [1.807, 2.05) is 25.0 Å². The Balaban J connectivity index is 1.52. The van der Waals surface area contributed by atoms with Gasteiger partial charge in [0, 0.05) is 42.0 Å². The van der Waals surface area contributed by atoms with Crippen LogP contribution in [-0.2, 0) is 6.42 Å². The van der Waals surface area contributed by atoms with Crippen LogP contribution in [0.25, 0.3) is 10.9 Å². The van der Waals surface area contributed by atoms with Gasteiger partial charge >= 0.3 is 0 Å². The molecule has 0 aliphatic heterocycles. The van der Waals surface area contributed by atoms with Crippen LogP contribution in [0.5, 0.6) is 0 Å². The van der Waals surface area contributed by atoms with Crippen molar-refractivity contribution >= 4 is 28.6 Å². The number of thioether (sulfide) groups is 1. The number of nitrogens with zero attached hydrogens (tertiary/aromatic N) is 1. The van der Waals surface area contributed by atoms with E-state index in [2.05, 4.69) is 26.9 Å². The second kappa shape index (κ2) is 8.61. The maximum Gasteiger partial charge on any atom is 0.191 e. The first-order valence-electron chi connectivity index (χ1n) is 8.95. The number of aliphatic imine (C=N–C) groups is 1. The molecule has 1 aromatic heterocycles. The summed E-state index contributed by atoms with van der Waals surface area (Å²) in [4.78, 5) is 7.55. The van der Waals surface area contributed by atoms with E-state index >= 15 is 0 Å². The van der Waals surface area contributed by atoms with Crippen LogP contribution >= 0.6 is 11.8 Å². The van der Waals surface area contributed by atoms with Crippen LogP contribution in [0.2, 0.25) is 0 Å². The minimum absolute atomic E-state index is 0.195. The number of benzene rings is 1. The van der Waals surface area contributed by atoms with Gasteiger partial charge in [-0.1, -0.05) is 6.42 Å². The monoisotopic (exact) mass is 362 g/mol. The second-order valence-corrected chi connectivity index (χ2v) is 7.76. The van der Waals surface area contributed by atoms with Gasteiger partial charge in [-0.2, -0.15) is 11.8 Å². The molecule has 0 spiro atoms. The summed E-state index contributed by atoms with van der Waals surface area (Å²) in [7, 11) is 1.81. The van der Waals surface area contributed by atoms with Gasteiger partial charge in [0.1, 0.15) is 5.82 Å². The minimum Gasteiger partial charge on any atom is -0.361 e. The maximum absolute atomic E-state index is 13.5. The molecule has 2 aromatic rings. The van der Waals surface area contributed by atoms with Crippen molar-refractivity contribution in [2.75, 3.05) is 19.8 Å². The van der Waals surface area contributed by atoms with Gasteiger partial charge in [-0.3, -0.25) is 4.99 Å². The molecule has 2 atom stereocenters. The maximum atomic E-state index is 13.5. The standard InChI is InChI=1S/C19H27FN4S/c1-21-19(24-15-4-3-5-16(11-15)25-2)22-9-8-13-12-23-18-7-6-14(20)10-17(13)18/h6-7,10,12,15-16,23H,3-5,8-9,11H2,1-2H3,(H2,21,22,24). The van der Waals surface area contributed by atoms with Crippen molar-refractivity contribution in [1.82, 2.24) is 15.6 Å². The van der Waals surface area contributed by atoms with E-state index in [4.69, 9.17) is 0 Å². The summed E-state index contributed by atoms with van der Waals surface area (Å²) in [5.74, 6) is 0.664. The van der Waals surface area contributed by atoms with Gasteiger partial charge in [0.05, 0.1) is 0 Å². The molecule has 0 radical (unpaired) electrons. The Labute approximate surface area is 153 Å². The highest BCUT2D eigenvalue weighted by atomic mass is 32.2. The van der Waals surface area contributed by atoms with Gasteiger partial charge in [-0.25, -0.2) is 4.39 Å². The zero-order valence-electron chi connectivity index (χ0n) is 14.9. The van der Waals surface area contributed by atoms with Gasteiger partial charge in [-0.05, 0) is 55.7 Å². The highest BCUT2D eigenvalue weighted by molar-refractivity contribution is 7.99. The number of nitrogens with one attached hydrogen (secondary N) is 3. The predicted octanol–water partition coefficient (Wildman–Crippen LogP) is 3.69. The fraction of sp³-hybridized carbons (Fsp3) is 0.526. The smallest absolute Gasteiger partial charge is 0.191 e. The van der Waals surface area contributed by atoms with Crippen LogP contribution in [0.3, 0.4) is 0 Å². The number of hydrogen-bond donors (Lipinski definition) is 3. The van der Waals surface area contributed by atoms with Crippen molar-refractivity contribution in [1.29, 1.82) is 0 Å². The van der Waals surface area contributed by atoms with Crippen molar-refractivity contribution < 1.29 is 4.39 Å². The Morgan fingerprint density at radius 3 is 3.08 bits per heavy atom. The van der Waals surface area contributed by atoms with Crippen LogP contribution in [0.1, 0.15) is 31.2 Å². The Morgan fingerprint density at radius 2 is 2.28 bits per heavy atom. The lowest BCUT2D eigenvalue weighted by Gasteiger charge is -2.29. The molecule has 1 fully saturated rings. The molecule has 2 unspecified atom stereocenters. The summed E-state index contributed by atoms with van der Waals surface area (Å²) >= 11 is 1.97. The van der Waals surface area contributed by atoms with Gasteiger partial charge in [-0.15, -0.1) is 0 Å². The lowest BCUT2D eigenvalue weighted by molar-refractivity contribution is 0.419. The predicted molar refractivity (Wildman–Crippen MR) is 106 cm³/mol. The van der Waals surface area contributed by atoms with Gasteiger partial charge in [0.25, 0.3) is 0 Å². The van der Waals surface area contributed by atoms with Crippen molar-refractivity contribution in [2.24, 2.45) is 4.99 Å². The zero-order chi connectivity index (χ0) is 17.6. The summed E-state index contributed by atoms with van der Waals surface area (Å²) in [6.07, 6.45) is 9.99. The average Bonchev–Trinajstić information content (AvgIpc) is 3.03. The first-order valence-corrected chi connectivity index (χ1v) is 10.2. The van der Waals surface area contributed by atoms with E-state index in [0.717, 1.165) is 40.6 Å². The van der Waals surface area contributed by atoms with Crippen LogP contribution in [-0.4, -0.2) is 42.1 Å². The Hall–Kier alpha value is -1.69. The molecule has 3 rings (SSSR count). The van der Waals surface area contributed by atoms with Crippen molar-refractivity contribution in [2.45, 2.75) is 43.4 Å². The van der Waals surface area contributed by atoms with Gasteiger partial charge < -0.3 is 15.6 Å². The Bertz CT molecular complexity index is 727. The van der Waals surface area contributed by atoms with Crippen molar-refractivity contribution in [3.63, 3.8) is 0 Å². The summed E-state index contributed by atoms with van der Waals surface area (Å²) in [5, 5.41) is 8.66. The Morgan fingerprint density at radius 1 is 1.40 bits per heavy atom. The van der Waals surface area contributed by atoms with Crippen molar-refractivity contribution in [3.05, 3.63) is 35.8 Å². The second-order valence-electron chi connectivity index (χ2n) is 6.62. The molecule has 0 saturated heterocycles. The van der Waals surface area contributed by atoms with Crippen LogP contribution < -0.4 is 10.6 Å². The molecule has 6 heteroatoms. The molecule has 1 saturated carbocycles. The van der Waals surface area contributed by atoms with Crippen LogP contribution in [0.4, 0.5) is 4.39 Å². The highest BCUT2D eigenvalue weighted by Gasteiger charge is 2.21. The van der Waals surface area contributed by atoms with E-state index in [1.165, 1.54) is 31.7 Å². The molecule has 3 N–H and O–H groups in total. The Kier molecular flexibility index (Phi) is 6.24. The zero-order valence-corrected chi connectivity index (χ0v) is 15.8. The molecular weight excluding hydrogens is 335 g/mol. The first kappa shape index (κ1) is 18.1. The van der Waals surface area contributed by atoms with E-state index in [9.17, 15) is 4.39 Å². The molecular formula is C19H27FN4S. The molecule has 4 nitrogen and oxygen atoms in total. The summed E-state index contributed by atoms with van der Waals surface area (Å²) < 4.78 is 13.5. The largest absolute Gasteiger partial charge is 0.361 e. The summed E-state index contributed by atoms with van der Waals surface area (Å²) in [5.41, 5.74) is 2.10. The molecule has 1 aromatic carbocycles. The third-order valence-electron chi connectivity index (χ3n) is 4.94. The molecule has 1 aliphatic carbocycles. The molecule has 25 heavy (non-hydrogen) atoms. The van der Waals surface area contributed by atoms with Gasteiger partial charge in [0.15, 0.2) is 5.96 Å². The SMILES string of the molecule is CN=C(NCCc1c[nH]c2ccc(F)cc12)NC1CCCC(SC)C1. The van der Waals surface area contributed by atoms with E-state index in [1.54, 1.807) is 12.1 Å². The summed E-state index contributed by atoms with van der Waals surface area (Å²) in [6.45, 7) is 0.766. The topological polar surface area (TPSA) is 52.2 Å². The first-order chi connectivity index (χ1) is 12.2. The van der Waals surface area contributed by atoms with E-state index in [0.29, 0.717) is 6.04 Å². The molecule has 0 bridgehead atoms. The number of rotatable bonds is 5. The third-order valence-corrected chi connectivity index (χ3v) is 6.03. The number of aromatic nitrogens is 1.